The summed E-state index contributed by atoms with van der Waals surface area (Å²) in [7, 11) is 0. The quantitative estimate of drug-likeness (QED) is 0.668. The Labute approximate surface area is 136 Å². The molecule has 2 rings (SSSR count). The fourth-order valence-corrected chi connectivity index (χ4v) is 2.90. The van der Waals surface area contributed by atoms with Crippen molar-refractivity contribution in [2.45, 2.75) is 24.9 Å². The third kappa shape index (κ3) is 5.49. The van der Waals surface area contributed by atoms with E-state index >= 15 is 0 Å². The van der Waals surface area contributed by atoms with Crippen LogP contribution in [0.3, 0.4) is 0 Å². The van der Waals surface area contributed by atoms with E-state index in [1.54, 1.807) is 11.3 Å². The number of aromatic amines is 1. The largest absolute Gasteiger partial charge is 0.338 e. The van der Waals surface area contributed by atoms with Crippen LogP contribution in [0.2, 0.25) is 0 Å². The van der Waals surface area contributed by atoms with Crippen molar-refractivity contribution in [3.63, 3.8) is 0 Å². The second-order valence-electron chi connectivity index (χ2n) is 4.41. The van der Waals surface area contributed by atoms with Crippen molar-refractivity contribution < 1.29 is 9.59 Å². The third-order valence-corrected chi connectivity index (χ3v) is 4.28. The molecule has 0 aliphatic heterocycles. The molecule has 0 fully saturated rings. The lowest BCUT2D eigenvalue weighted by atomic mass is 10.3. The average Bonchev–Trinajstić information content (AvgIpc) is 3.15. The summed E-state index contributed by atoms with van der Waals surface area (Å²) in [5.74, 6) is 0.477. The van der Waals surface area contributed by atoms with Gasteiger partial charge in [0.05, 0.1) is 5.75 Å². The highest BCUT2D eigenvalue weighted by atomic mass is 32.2. The first-order chi connectivity index (χ1) is 10.7. The monoisotopic (exact) mass is 339 g/mol. The summed E-state index contributed by atoms with van der Waals surface area (Å²) >= 11 is 2.84. The highest BCUT2D eigenvalue weighted by Crippen LogP contribution is 2.15. The van der Waals surface area contributed by atoms with Gasteiger partial charge < -0.3 is 5.32 Å². The van der Waals surface area contributed by atoms with E-state index in [-0.39, 0.29) is 11.7 Å². The number of hydrogen-bond donors (Lipinski definition) is 3. The molecule has 3 N–H and O–H groups in total. The standard InChI is InChI=1S/C13H17N5O2S2/c1-2-5-14-12(20)16-11(19)8-22-13-15-10(17-18-13)7-9-4-3-6-21-9/h3-4,6H,2,5,7-8H2,1H3,(H,15,17,18)(H2,14,16,19,20). The van der Waals surface area contributed by atoms with E-state index in [0.717, 1.165) is 12.2 Å². The Balaban J connectivity index is 1.73. The van der Waals surface area contributed by atoms with E-state index in [0.29, 0.717) is 18.1 Å². The lowest BCUT2D eigenvalue weighted by molar-refractivity contribution is -0.117. The first-order valence-electron chi connectivity index (χ1n) is 6.81. The van der Waals surface area contributed by atoms with Gasteiger partial charge in [-0.15, -0.1) is 16.4 Å². The molecule has 0 spiro atoms. The Morgan fingerprint density at radius 1 is 1.45 bits per heavy atom. The van der Waals surface area contributed by atoms with Crippen molar-refractivity contribution in [3.8, 4) is 0 Å². The maximum absolute atomic E-state index is 11.6. The molecule has 0 aromatic carbocycles. The zero-order chi connectivity index (χ0) is 15.8. The molecular weight excluding hydrogens is 322 g/mol. The van der Waals surface area contributed by atoms with E-state index in [2.05, 4.69) is 25.8 Å². The van der Waals surface area contributed by atoms with Crippen molar-refractivity contribution in [2.75, 3.05) is 12.3 Å². The van der Waals surface area contributed by atoms with Gasteiger partial charge in [0.25, 0.3) is 0 Å². The SMILES string of the molecule is CCCNC(=O)NC(=O)CSc1n[nH]c(Cc2cccs2)n1. The number of thioether (sulfide) groups is 1. The molecule has 118 valence electrons. The summed E-state index contributed by atoms with van der Waals surface area (Å²) in [4.78, 5) is 28.4. The topological polar surface area (TPSA) is 99.8 Å². The minimum atomic E-state index is -0.471. The molecule has 0 atom stereocenters. The molecule has 2 aromatic heterocycles. The number of carbonyl (C=O) groups excluding carboxylic acids is 2. The number of aromatic nitrogens is 3. The van der Waals surface area contributed by atoms with Crippen LogP contribution in [0.15, 0.2) is 22.7 Å². The van der Waals surface area contributed by atoms with Crippen LogP contribution in [0.4, 0.5) is 4.79 Å². The molecule has 3 amide bonds. The van der Waals surface area contributed by atoms with Crippen LogP contribution in [0.25, 0.3) is 0 Å². The van der Waals surface area contributed by atoms with Crippen molar-refractivity contribution in [1.29, 1.82) is 0 Å². The molecule has 2 aromatic rings. The minimum Gasteiger partial charge on any atom is -0.338 e. The Morgan fingerprint density at radius 3 is 3.05 bits per heavy atom. The van der Waals surface area contributed by atoms with E-state index in [9.17, 15) is 9.59 Å². The smallest absolute Gasteiger partial charge is 0.321 e. The Hall–Kier alpha value is -1.87. The van der Waals surface area contributed by atoms with Gasteiger partial charge >= 0.3 is 6.03 Å². The van der Waals surface area contributed by atoms with Crippen LogP contribution >= 0.6 is 23.1 Å². The highest BCUT2D eigenvalue weighted by Gasteiger charge is 2.10. The molecule has 0 radical (unpaired) electrons. The number of rotatable bonds is 7. The average molecular weight is 339 g/mol. The lowest BCUT2D eigenvalue weighted by Gasteiger charge is -2.04. The van der Waals surface area contributed by atoms with Gasteiger partial charge in [0, 0.05) is 17.8 Å². The van der Waals surface area contributed by atoms with Crippen LogP contribution in [0.5, 0.6) is 0 Å². The summed E-state index contributed by atoms with van der Waals surface area (Å²) in [5, 5.41) is 14.2. The minimum absolute atomic E-state index is 0.0931. The van der Waals surface area contributed by atoms with E-state index < -0.39 is 6.03 Å². The van der Waals surface area contributed by atoms with Crippen LogP contribution in [0.1, 0.15) is 24.0 Å². The maximum Gasteiger partial charge on any atom is 0.321 e. The van der Waals surface area contributed by atoms with Crippen molar-refractivity contribution in [3.05, 3.63) is 28.2 Å². The fraction of sp³-hybridized carbons (Fsp3) is 0.385. The number of amides is 3. The van der Waals surface area contributed by atoms with Crippen LogP contribution in [-0.4, -0.2) is 39.4 Å². The van der Waals surface area contributed by atoms with Gasteiger partial charge in [-0.3, -0.25) is 15.2 Å². The summed E-state index contributed by atoms with van der Waals surface area (Å²) in [5.41, 5.74) is 0. The normalized spacial score (nSPS) is 10.4. The van der Waals surface area contributed by atoms with Crippen molar-refractivity contribution in [2.24, 2.45) is 0 Å². The third-order valence-electron chi connectivity index (χ3n) is 2.55. The van der Waals surface area contributed by atoms with Gasteiger partial charge in [-0.25, -0.2) is 9.78 Å². The van der Waals surface area contributed by atoms with E-state index in [1.807, 2.05) is 24.4 Å². The molecular formula is C13H17N5O2S2. The second-order valence-corrected chi connectivity index (χ2v) is 6.39. The molecule has 9 heteroatoms. The Morgan fingerprint density at radius 2 is 2.32 bits per heavy atom. The van der Waals surface area contributed by atoms with Crippen LogP contribution < -0.4 is 10.6 Å². The number of imide groups is 1. The molecule has 0 unspecified atom stereocenters. The molecule has 2 heterocycles. The number of thiophene rings is 1. The summed E-state index contributed by atoms with van der Waals surface area (Å²) < 4.78 is 0. The van der Waals surface area contributed by atoms with Crippen molar-refractivity contribution >= 4 is 35.0 Å². The number of H-pyrrole nitrogens is 1. The molecule has 0 saturated heterocycles. The van der Waals surface area contributed by atoms with Gasteiger partial charge in [0.15, 0.2) is 0 Å². The first-order valence-corrected chi connectivity index (χ1v) is 8.68. The van der Waals surface area contributed by atoms with Gasteiger partial charge in [0.2, 0.25) is 11.1 Å². The number of carbonyl (C=O) groups is 2. The molecule has 0 saturated carbocycles. The predicted molar refractivity (Wildman–Crippen MR) is 86.1 cm³/mol. The molecule has 0 bridgehead atoms. The highest BCUT2D eigenvalue weighted by molar-refractivity contribution is 7.99. The predicted octanol–water partition coefficient (Wildman–Crippen LogP) is 1.78. The summed E-state index contributed by atoms with van der Waals surface area (Å²) in [6, 6.07) is 3.54. The number of nitrogens with zero attached hydrogens (tertiary/aromatic N) is 2. The zero-order valence-corrected chi connectivity index (χ0v) is 13.7. The number of nitrogens with one attached hydrogen (secondary N) is 3. The van der Waals surface area contributed by atoms with E-state index in [1.165, 1.54) is 16.6 Å². The lowest BCUT2D eigenvalue weighted by Crippen LogP contribution is -2.40. The van der Waals surface area contributed by atoms with Gasteiger partial charge in [-0.2, -0.15) is 0 Å². The van der Waals surface area contributed by atoms with Crippen molar-refractivity contribution in [1.82, 2.24) is 25.8 Å². The van der Waals surface area contributed by atoms with E-state index in [4.69, 9.17) is 0 Å². The summed E-state index contributed by atoms with van der Waals surface area (Å²) in [6.07, 6.45) is 1.51. The second kappa shape index (κ2) is 8.54. The Bertz CT molecular complexity index is 612. The Kier molecular flexibility index (Phi) is 6.41. The van der Waals surface area contributed by atoms with Crippen LogP contribution in [0, 0.1) is 0 Å². The first kappa shape index (κ1) is 16.5. The van der Waals surface area contributed by atoms with Gasteiger partial charge in [-0.1, -0.05) is 24.8 Å². The molecule has 7 nitrogen and oxygen atoms in total. The number of hydrogen-bond acceptors (Lipinski definition) is 6. The fourth-order valence-electron chi connectivity index (χ4n) is 1.58. The number of urea groups is 1. The molecule has 0 aliphatic carbocycles. The van der Waals surface area contributed by atoms with Crippen LogP contribution in [-0.2, 0) is 11.2 Å². The molecule has 0 aliphatic rings. The van der Waals surface area contributed by atoms with Gasteiger partial charge in [-0.05, 0) is 17.9 Å². The maximum atomic E-state index is 11.6. The molecule has 22 heavy (non-hydrogen) atoms. The summed E-state index contributed by atoms with van der Waals surface area (Å²) in [6.45, 7) is 2.48. The van der Waals surface area contributed by atoms with Gasteiger partial charge in [0.1, 0.15) is 5.82 Å². The zero-order valence-electron chi connectivity index (χ0n) is 12.1.